The molecule has 0 aromatic heterocycles. The predicted molar refractivity (Wildman–Crippen MR) is 59.3 cm³/mol. The number of thiocarbonyl (C=S) groups is 1. The minimum Gasteiger partial charge on any atom is -0.334 e. The maximum atomic E-state index is 5.27. The van der Waals surface area contributed by atoms with Crippen molar-refractivity contribution in [1.82, 2.24) is 5.32 Å². The van der Waals surface area contributed by atoms with Gasteiger partial charge in [0.05, 0.1) is 4.99 Å². The van der Waals surface area contributed by atoms with E-state index in [0.29, 0.717) is 0 Å². The highest BCUT2D eigenvalue weighted by molar-refractivity contribution is 7.80. The Bertz CT molecular complexity index is 297. The quantitative estimate of drug-likeness (QED) is 0.678. The SMILES string of the molecule is S=C1CNCCN1c1ccccc1. The second kappa shape index (κ2) is 3.85. The zero-order chi connectivity index (χ0) is 9.10. The topological polar surface area (TPSA) is 15.3 Å². The molecule has 1 N–H and O–H groups in total. The Hall–Kier alpha value is -0.930. The Labute approximate surface area is 83.6 Å². The molecule has 0 bridgehead atoms. The summed E-state index contributed by atoms with van der Waals surface area (Å²) in [5, 5.41) is 3.25. The Kier molecular flexibility index (Phi) is 2.57. The standard InChI is InChI=1S/C10H12N2S/c13-10-8-11-6-7-12(10)9-4-2-1-3-5-9/h1-5,11H,6-8H2. The van der Waals surface area contributed by atoms with Crippen LogP contribution in [0.15, 0.2) is 30.3 Å². The minimum absolute atomic E-state index is 0.824. The molecule has 0 unspecified atom stereocenters. The van der Waals surface area contributed by atoms with Crippen molar-refractivity contribution in [2.75, 3.05) is 24.5 Å². The van der Waals surface area contributed by atoms with E-state index in [9.17, 15) is 0 Å². The largest absolute Gasteiger partial charge is 0.334 e. The molecule has 2 rings (SSSR count). The van der Waals surface area contributed by atoms with Gasteiger partial charge in [0.15, 0.2) is 0 Å². The average Bonchev–Trinajstić information content (AvgIpc) is 2.20. The van der Waals surface area contributed by atoms with Gasteiger partial charge in [-0.1, -0.05) is 30.4 Å². The third-order valence-electron chi connectivity index (χ3n) is 2.16. The van der Waals surface area contributed by atoms with E-state index >= 15 is 0 Å². The average molecular weight is 192 g/mol. The van der Waals surface area contributed by atoms with Crippen LogP contribution in [-0.4, -0.2) is 24.6 Å². The summed E-state index contributed by atoms with van der Waals surface area (Å²) >= 11 is 5.27. The molecule has 1 heterocycles. The van der Waals surface area contributed by atoms with E-state index in [1.807, 2.05) is 18.2 Å². The molecular formula is C10H12N2S. The maximum absolute atomic E-state index is 5.27. The van der Waals surface area contributed by atoms with Gasteiger partial charge in [0.2, 0.25) is 0 Å². The fourth-order valence-electron chi connectivity index (χ4n) is 1.49. The first-order valence-corrected chi connectivity index (χ1v) is 4.85. The highest BCUT2D eigenvalue weighted by atomic mass is 32.1. The van der Waals surface area contributed by atoms with Crippen LogP contribution in [0.3, 0.4) is 0 Å². The number of piperazine rings is 1. The van der Waals surface area contributed by atoms with Crippen LogP contribution in [0, 0.1) is 0 Å². The van der Waals surface area contributed by atoms with Gasteiger partial charge in [-0.05, 0) is 12.1 Å². The van der Waals surface area contributed by atoms with Crippen LogP contribution in [-0.2, 0) is 0 Å². The molecular weight excluding hydrogens is 180 g/mol. The Morgan fingerprint density at radius 3 is 2.69 bits per heavy atom. The molecule has 0 aliphatic carbocycles. The monoisotopic (exact) mass is 192 g/mol. The minimum atomic E-state index is 0.824. The van der Waals surface area contributed by atoms with E-state index in [-0.39, 0.29) is 0 Å². The number of anilines is 1. The molecule has 0 saturated carbocycles. The first kappa shape index (κ1) is 8.66. The predicted octanol–water partition coefficient (Wildman–Crippen LogP) is 1.42. The van der Waals surface area contributed by atoms with Gasteiger partial charge < -0.3 is 10.2 Å². The van der Waals surface area contributed by atoms with Crippen LogP contribution in [0.25, 0.3) is 0 Å². The summed E-state index contributed by atoms with van der Waals surface area (Å²) in [6.45, 7) is 2.81. The molecule has 3 heteroatoms. The molecule has 1 fully saturated rings. The summed E-state index contributed by atoms with van der Waals surface area (Å²) in [5.74, 6) is 0. The molecule has 1 aliphatic heterocycles. The smallest absolute Gasteiger partial charge is 0.0964 e. The van der Waals surface area contributed by atoms with E-state index in [1.165, 1.54) is 5.69 Å². The third-order valence-corrected chi connectivity index (χ3v) is 2.52. The summed E-state index contributed by atoms with van der Waals surface area (Å²) < 4.78 is 0. The number of hydrogen-bond acceptors (Lipinski definition) is 2. The van der Waals surface area contributed by atoms with Crippen molar-refractivity contribution < 1.29 is 0 Å². The number of hydrogen-bond donors (Lipinski definition) is 1. The summed E-state index contributed by atoms with van der Waals surface area (Å²) in [5.41, 5.74) is 1.20. The van der Waals surface area contributed by atoms with Crippen molar-refractivity contribution >= 4 is 22.9 Å². The van der Waals surface area contributed by atoms with Crippen molar-refractivity contribution in [1.29, 1.82) is 0 Å². The van der Waals surface area contributed by atoms with Crippen molar-refractivity contribution in [3.05, 3.63) is 30.3 Å². The summed E-state index contributed by atoms with van der Waals surface area (Å²) in [6, 6.07) is 10.3. The lowest BCUT2D eigenvalue weighted by Crippen LogP contribution is -2.47. The van der Waals surface area contributed by atoms with E-state index < -0.39 is 0 Å². The molecule has 0 spiro atoms. The van der Waals surface area contributed by atoms with Crippen molar-refractivity contribution in [3.8, 4) is 0 Å². The highest BCUT2D eigenvalue weighted by Gasteiger charge is 2.14. The fraction of sp³-hybridized carbons (Fsp3) is 0.300. The van der Waals surface area contributed by atoms with Gasteiger partial charge in [-0.2, -0.15) is 0 Å². The van der Waals surface area contributed by atoms with E-state index in [4.69, 9.17) is 12.2 Å². The lowest BCUT2D eigenvalue weighted by molar-refractivity contribution is 0.721. The zero-order valence-corrected chi connectivity index (χ0v) is 8.18. The summed E-state index contributed by atoms with van der Waals surface area (Å²) in [4.78, 5) is 3.17. The van der Waals surface area contributed by atoms with Crippen LogP contribution in [0.5, 0.6) is 0 Å². The Balaban J connectivity index is 2.20. The van der Waals surface area contributed by atoms with Crippen LogP contribution in [0.1, 0.15) is 0 Å². The Morgan fingerprint density at radius 1 is 1.23 bits per heavy atom. The van der Waals surface area contributed by atoms with Gasteiger partial charge in [0, 0.05) is 25.3 Å². The molecule has 0 amide bonds. The molecule has 68 valence electrons. The van der Waals surface area contributed by atoms with Gasteiger partial charge in [0.1, 0.15) is 0 Å². The van der Waals surface area contributed by atoms with Crippen LogP contribution < -0.4 is 10.2 Å². The second-order valence-electron chi connectivity index (χ2n) is 3.06. The van der Waals surface area contributed by atoms with E-state index in [1.54, 1.807) is 0 Å². The van der Waals surface area contributed by atoms with Crippen molar-refractivity contribution in [3.63, 3.8) is 0 Å². The van der Waals surface area contributed by atoms with Gasteiger partial charge >= 0.3 is 0 Å². The number of rotatable bonds is 1. The highest BCUT2D eigenvalue weighted by Crippen LogP contribution is 2.14. The number of benzene rings is 1. The summed E-state index contributed by atoms with van der Waals surface area (Å²) in [6.07, 6.45) is 0. The van der Waals surface area contributed by atoms with Crippen LogP contribution in [0.4, 0.5) is 5.69 Å². The molecule has 0 atom stereocenters. The molecule has 1 saturated heterocycles. The van der Waals surface area contributed by atoms with Crippen LogP contribution >= 0.6 is 12.2 Å². The maximum Gasteiger partial charge on any atom is 0.0964 e. The number of nitrogens with zero attached hydrogens (tertiary/aromatic N) is 1. The molecule has 13 heavy (non-hydrogen) atoms. The fourth-order valence-corrected chi connectivity index (χ4v) is 1.79. The first-order chi connectivity index (χ1) is 6.38. The third kappa shape index (κ3) is 1.87. The first-order valence-electron chi connectivity index (χ1n) is 4.44. The van der Waals surface area contributed by atoms with Gasteiger partial charge in [-0.25, -0.2) is 0 Å². The van der Waals surface area contributed by atoms with Crippen molar-refractivity contribution in [2.24, 2.45) is 0 Å². The lowest BCUT2D eigenvalue weighted by Gasteiger charge is -2.29. The van der Waals surface area contributed by atoms with E-state index in [0.717, 1.165) is 24.6 Å². The Morgan fingerprint density at radius 2 is 2.00 bits per heavy atom. The van der Waals surface area contributed by atoms with Gasteiger partial charge in [-0.3, -0.25) is 0 Å². The lowest BCUT2D eigenvalue weighted by atomic mass is 10.2. The molecule has 1 aliphatic rings. The van der Waals surface area contributed by atoms with Crippen molar-refractivity contribution in [2.45, 2.75) is 0 Å². The normalized spacial score (nSPS) is 17.5. The zero-order valence-electron chi connectivity index (χ0n) is 7.36. The van der Waals surface area contributed by atoms with Gasteiger partial charge in [0.25, 0.3) is 0 Å². The molecule has 0 radical (unpaired) electrons. The van der Waals surface area contributed by atoms with Gasteiger partial charge in [-0.15, -0.1) is 0 Å². The molecule has 2 nitrogen and oxygen atoms in total. The van der Waals surface area contributed by atoms with E-state index in [2.05, 4.69) is 22.3 Å². The number of nitrogens with one attached hydrogen (secondary N) is 1. The second-order valence-corrected chi connectivity index (χ2v) is 3.53. The molecule has 1 aromatic carbocycles. The summed E-state index contributed by atoms with van der Waals surface area (Å²) in [7, 11) is 0. The van der Waals surface area contributed by atoms with Crippen LogP contribution in [0.2, 0.25) is 0 Å². The molecule has 1 aromatic rings. The number of para-hydroxylation sites is 1.